The lowest BCUT2D eigenvalue weighted by Crippen LogP contribution is -1.95. The summed E-state index contributed by atoms with van der Waals surface area (Å²) < 4.78 is 5.68. The SMILES string of the molecule is CCCCOc1ccc(/C=C(\Cl)c2ccc(CCCC)cc2)cc1. The normalized spacial score (nSPS) is 11.5. The molecule has 0 radical (unpaired) electrons. The lowest BCUT2D eigenvalue weighted by Gasteiger charge is -2.06. The molecule has 0 amide bonds. The number of rotatable bonds is 9. The molecule has 0 spiro atoms. The van der Waals surface area contributed by atoms with Gasteiger partial charge in [0.05, 0.1) is 6.61 Å². The molecule has 0 N–H and O–H groups in total. The van der Waals surface area contributed by atoms with Crippen LogP contribution in [0.2, 0.25) is 0 Å². The van der Waals surface area contributed by atoms with Gasteiger partial charge in [0, 0.05) is 5.03 Å². The number of halogens is 1. The number of benzene rings is 2. The summed E-state index contributed by atoms with van der Waals surface area (Å²) in [6.07, 6.45) is 7.82. The third kappa shape index (κ3) is 6.05. The fourth-order valence-corrected chi connectivity index (χ4v) is 2.69. The molecule has 0 aliphatic rings. The van der Waals surface area contributed by atoms with Gasteiger partial charge in [-0.25, -0.2) is 0 Å². The van der Waals surface area contributed by atoms with E-state index >= 15 is 0 Å². The standard InChI is InChI=1S/C22H27ClO/c1-3-5-7-18-8-12-20(13-9-18)22(23)17-19-10-14-21(15-11-19)24-16-6-4-2/h8-15,17H,3-7,16H2,1-2H3/b22-17-. The Bertz CT molecular complexity index is 626. The summed E-state index contributed by atoms with van der Waals surface area (Å²) in [7, 11) is 0. The van der Waals surface area contributed by atoms with Crippen LogP contribution < -0.4 is 4.74 Å². The van der Waals surface area contributed by atoms with E-state index in [2.05, 4.69) is 38.1 Å². The first-order valence-corrected chi connectivity index (χ1v) is 9.30. The second-order valence-electron chi connectivity index (χ2n) is 6.06. The Morgan fingerprint density at radius 1 is 0.917 bits per heavy atom. The van der Waals surface area contributed by atoms with Gasteiger partial charge < -0.3 is 4.74 Å². The Labute approximate surface area is 151 Å². The lowest BCUT2D eigenvalue weighted by atomic mass is 10.1. The number of hydrogen-bond acceptors (Lipinski definition) is 1. The fourth-order valence-electron chi connectivity index (χ4n) is 2.44. The first-order valence-electron chi connectivity index (χ1n) is 8.92. The molecular weight excluding hydrogens is 316 g/mol. The van der Waals surface area contributed by atoms with Crippen LogP contribution in [0.1, 0.15) is 56.2 Å². The van der Waals surface area contributed by atoms with E-state index < -0.39 is 0 Å². The summed E-state index contributed by atoms with van der Waals surface area (Å²) in [5.41, 5.74) is 3.51. The molecule has 2 aromatic carbocycles. The van der Waals surface area contributed by atoms with Gasteiger partial charge >= 0.3 is 0 Å². The van der Waals surface area contributed by atoms with E-state index in [1.807, 2.05) is 30.3 Å². The molecule has 24 heavy (non-hydrogen) atoms. The Balaban J connectivity index is 1.99. The average molecular weight is 343 g/mol. The van der Waals surface area contributed by atoms with E-state index in [1.165, 1.54) is 18.4 Å². The van der Waals surface area contributed by atoms with Crippen LogP contribution in [-0.4, -0.2) is 6.61 Å². The summed E-state index contributed by atoms with van der Waals surface area (Å²) in [4.78, 5) is 0. The van der Waals surface area contributed by atoms with Crippen molar-refractivity contribution in [3.8, 4) is 5.75 Å². The first-order chi connectivity index (χ1) is 11.7. The minimum absolute atomic E-state index is 0.761. The van der Waals surface area contributed by atoms with Crippen LogP contribution >= 0.6 is 11.6 Å². The monoisotopic (exact) mass is 342 g/mol. The molecular formula is C22H27ClO. The van der Waals surface area contributed by atoms with Crippen molar-refractivity contribution < 1.29 is 4.74 Å². The van der Waals surface area contributed by atoms with Gasteiger partial charge in [0.15, 0.2) is 0 Å². The summed E-state index contributed by atoms with van der Waals surface area (Å²) in [6, 6.07) is 16.6. The van der Waals surface area contributed by atoms with Gasteiger partial charge in [-0.2, -0.15) is 0 Å². The highest BCUT2D eigenvalue weighted by atomic mass is 35.5. The molecule has 2 rings (SSSR count). The third-order valence-electron chi connectivity index (χ3n) is 3.99. The summed E-state index contributed by atoms with van der Waals surface area (Å²) >= 11 is 6.47. The largest absolute Gasteiger partial charge is 0.494 e. The van der Waals surface area contributed by atoms with Crippen molar-refractivity contribution in [2.45, 2.75) is 46.0 Å². The van der Waals surface area contributed by atoms with Gasteiger partial charge in [-0.3, -0.25) is 0 Å². The molecule has 0 unspecified atom stereocenters. The minimum atomic E-state index is 0.761. The van der Waals surface area contributed by atoms with Crippen LogP contribution in [0.25, 0.3) is 11.1 Å². The van der Waals surface area contributed by atoms with Gasteiger partial charge in [0.25, 0.3) is 0 Å². The van der Waals surface area contributed by atoms with Gasteiger partial charge in [-0.05, 0) is 54.2 Å². The number of aryl methyl sites for hydroxylation is 1. The molecule has 0 bridgehead atoms. The van der Waals surface area contributed by atoms with Crippen molar-refractivity contribution in [1.82, 2.24) is 0 Å². The van der Waals surface area contributed by atoms with Crippen LogP contribution in [0.15, 0.2) is 48.5 Å². The van der Waals surface area contributed by atoms with Crippen LogP contribution in [0.5, 0.6) is 5.75 Å². The molecule has 0 fully saturated rings. The highest BCUT2D eigenvalue weighted by molar-refractivity contribution is 6.51. The van der Waals surface area contributed by atoms with Crippen molar-refractivity contribution in [1.29, 1.82) is 0 Å². The molecule has 0 saturated heterocycles. The quantitative estimate of drug-likeness (QED) is 0.354. The zero-order valence-corrected chi connectivity index (χ0v) is 15.5. The topological polar surface area (TPSA) is 9.23 Å². The highest BCUT2D eigenvalue weighted by Gasteiger charge is 2.00. The van der Waals surface area contributed by atoms with Crippen molar-refractivity contribution in [3.63, 3.8) is 0 Å². The third-order valence-corrected chi connectivity index (χ3v) is 4.32. The van der Waals surface area contributed by atoms with Crippen molar-refractivity contribution in [2.24, 2.45) is 0 Å². The van der Waals surface area contributed by atoms with Crippen molar-refractivity contribution in [2.75, 3.05) is 6.61 Å². The van der Waals surface area contributed by atoms with Crippen LogP contribution in [0, 0.1) is 0 Å². The zero-order chi connectivity index (χ0) is 17.2. The van der Waals surface area contributed by atoms with E-state index in [4.69, 9.17) is 16.3 Å². The van der Waals surface area contributed by atoms with Crippen molar-refractivity contribution >= 4 is 22.7 Å². The van der Waals surface area contributed by atoms with E-state index in [1.54, 1.807) is 0 Å². The van der Waals surface area contributed by atoms with Gasteiger partial charge in [0.1, 0.15) is 5.75 Å². The lowest BCUT2D eigenvalue weighted by molar-refractivity contribution is 0.309. The molecule has 2 aromatic rings. The molecule has 2 heteroatoms. The molecule has 0 aliphatic heterocycles. The van der Waals surface area contributed by atoms with Gasteiger partial charge in [0.2, 0.25) is 0 Å². The van der Waals surface area contributed by atoms with Gasteiger partial charge in [-0.15, -0.1) is 0 Å². The maximum Gasteiger partial charge on any atom is 0.119 e. The fraction of sp³-hybridized carbons (Fsp3) is 0.364. The maximum atomic E-state index is 6.47. The van der Waals surface area contributed by atoms with Gasteiger partial charge in [-0.1, -0.05) is 74.7 Å². The van der Waals surface area contributed by atoms with E-state index in [-0.39, 0.29) is 0 Å². The van der Waals surface area contributed by atoms with E-state index in [0.717, 1.165) is 47.8 Å². The summed E-state index contributed by atoms with van der Waals surface area (Å²) in [5, 5.41) is 0.761. The molecule has 0 saturated carbocycles. The second-order valence-corrected chi connectivity index (χ2v) is 6.47. The predicted molar refractivity (Wildman–Crippen MR) is 106 cm³/mol. The first kappa shape index (κ1) is 18.6. The Morgan fingerprint density at radius 2 is 1.58 bits per heavy atom. The van der Waals surface area contributed by atoms with Crippen molar-refractivity contribution in [3.05, 3.63) is 65.2 Å². The molecule has 1 nitrogen and oxygen atoms in total. The highest BCUT2D eigenvalue weighted by Crippen LogP contribution is 2.24. The smallest absolute Gasteiger partial charge is 0.119 e. The number of unbranched alkanes of at least 4 members (excludes halogenated alkanes) is 2. The van der Waals surface area contributed by atoms with Crippen LogP contribution in [0.4, 0.5) is 0 Å². The Morgan fingerprint density at radius 3 is 2.21 bits per heavy atom. The predicted octanol–water partition coefficient (Wildman–Crippen LogP) is 6.95. The summed E-state index contributed by atoms with van der Waals surface area (Å²) in [5.74, 6) is 0.914. The number of hydrogen-bond donors (Lipinski definition) is 0. The summed E-state index contributed by atoms with van der Waals surface area (Å²) in [6.45, 7) is 5.15. The minimum Gasteiger partial charge on any atom is -0.494 e. The maximum absolute atomic E-state index is 6.47. The molecule has 0 heterocycles. The van der Waals surface area contributed by atoms with E-state index in [0.29, 0.717) is 0 Å². The molecule has 0 aliphatic carbocycles. The van der Waals surface area contributed by atoms with Crippen LogP contribution in [-0.2, 0) is 6.42 Å². The van der Waals surface area contributed by atoms with E-state index in [9.17, 15) is 0 Å². The molecule has 0 atom stereocenters. The Kier molecular flexibility index (Phi) is 7.91. The zero-order valence-electron chi connectivity index (χ0n) is 14.7. The Hall–Kier alpha value is -1.73. The molecule has 128 valence electrons. The average Bonchev–Trinajstić information content (AvgIpc) is 2.62. The second kappa shape index (κ2) is 10.2. The van der Waals surface area contributed by atoms with Crippen LogP contribution in [0.3, 0.4) is 0 Å². The molecule has 0 aromatic heterocycles. The number of ether oxygens (including phenoxy) is 1.